The summed E-state index contributed by atoms with van der Waals surface area (Å²) in [6, 6.07) is 17.7. The number of rotatable bonds is 4. The molecule has 7 heteroatoms. The van der Waals surface area contributed by atoms with Gasteiger partial charge in [0, 0.05) is 54.6 Å². The number of thiazole rings is 1. The molecule has 1 fully saturated rings. The summed E-state index contributed by atoms with van der Waals surface area (Å²) in [7, 11) is 0. The molecule has 152 valence electrons. The number of carbonyl (C=O) groups is 1. The van der Waals surface area contributed by atoms with Crippen LogP contribution in [-0.4, -0.2) is 51.9 Å². The minimum Gasteiger partial charge on any atom is -0.351 e. The number of hydrogen-bond donors (Lipinski definition) is 1. The number of nitrogens with zero attached hydrogens (tertiary/aromatic N) is 3. The highest BCUT2D eigenvalue weighted by atomic mass is 35.5. The highest BCUT2D eigenvalue weighted by molar-refractivity contribution is 7.13. The number of piperazine rings is 1. The largest absolute Gasteiger partial charge is 0.351 e. The summed E-state index contributed by atoms with van der Waals surface area (Å²) in [6.45, 7) is 3.90. The number of benzene rings is 2. The molecule has 0 saturated carbocycles. The molecular weight excluding hydrogens is 416 g/mol. The van der Waals surface area contributed by atoms with Gasteiger partial charge in [0.1, 0.15) is 10.7 Å². The Morgan fingerprint density at radius 3 is 2.63 bits per heavy atom. The summed E-state index contributed by atoms with van der Waals surface area (Å²) in [6.07, 6.45) is 0. The van der Waals surface area contributed by atoms with Gasteiger partial charge in [-0.05, 0) is 18.2 Å². The zero-order valence-corrected chi connectivity index (χ0v) is 17.9. The van der Waals surface area contributed by atoms with Gasteiger partial charge in [0.05, 0.1) is 10.7 Å². The molecule has 5 rings (SSSR count). The first kappa shape index (κ1) is 19.3. The molecule has 1 amide bonds. The van der Waals surface area contributed by atoms with Gasteiger partial charge in [-0.2, -0.15) is 0 Å². The van der Waals surface area contributed by atoms with Crippen LogP contribution in [0.5, 0.6) is 0 Å². The maximum absolute atomic E-state index is 12.9. The Morgan fingerprint density at radius 2 is 1.83 bits per heavy atom. The van der Waals surface area contributed by atoms with Gasteiger partial charge in [-0.1, -0.05) is 48.0 Å². The molecule has 4 aromatic rings. The van der Waals surface area contributed by atoms with Crippen molar-refractivity contribution in [1.29, 1.82) is 0 Å². The minimum atomic E-state index is 0.0699. The SMILES string of the molecule is O=C(c1cc2ccccc2[nH]1)N1CCN(Cc2csc(-c3ccccc3Cl)n2)CC1. The van der Waals surface area contributed by atoms with Gasteiger partial charge in [-0.15, -0.1) is 11.3 Å². The molecule has 1 aliphatic rings. The smallest absolute Gasteiger partial charge is 0.270 e. The lowest BCUT2D eigenvalue weighted by Gasteiger charge is -2.34. The van der Waals surface area contributed by atoms with Crippen molar-refractivity contribution in [2.75, 3.05) is 26.2 Å². The number of hydrogen-bond acceptors (Lipinski definition) is 4. The monoisotopic (exact) mass is 436 g/mol. The number of aromatic amines is 1. The maximum Gasteiger partial charge on any atom is 0.270 e. The molecule has 5 nitrogen and oxygen atoms in total. The molecule has 0 aliphatic carbocycles. The van der Waals surface area contributed by atoms with Crippen molar-refractivity contribution in [1.82, 2.24) is 19.8 Å². The van der Waals surface area contributed by atoms with Crippen LogP contribution in [0.4, 0.5) is 0 Å². The van der Waals surface area contributed by atoms with Crippen molar-refractivity contribution in [3.8, 4) is 10.6 Å². The summed E-state index contributed by atoms with van der Waals surface area (Å²) in [5, 5.41) is 4.84. The first-order chi connectivity index (χ1) is 14.7. The third kappa shape index (κ3) is 3.86. The van der Waals surface area contributed by atoms with E-state index in [4.69, 9.17) is 16.6 Å². The van der Waals surface area contributed by atoms with Crippen LogP contribution in [0.3, 0.4) is 0 Å². The van der Waals surface area contributed by atoms with Crippen LogP contribution >= 0.6 is 22.9 Å². The predicted octanol–water partition coefficient (Wildman–Crippen LogP) is 4.90. The summed E-state index contributed by atoms with van der Waals surface area (Å²) in [5.41, 5.74) is 3.68. The van der Waals surface area contributed by atoms with E-state index in [0.717, 1.165) is 64.9 Å². The van der Waals surface area contributed by atoms with Gasteiger partial charge in [-0.25, -0.2) is 4.98 Å². The highest BCUT2D eigenvalue weighted by Crippen LogP contribution is 2.30. The molecule has 2 aromatic heterocycles. The molecule has 0 atom stereocenters. The van der Waals surface area contributed by atoms with E-state index in [0.29, 0.717) is 5.69 Å². The number of nitrogens with one attached hydrogen (secondary N) is 1. The van der Waals surface area contributed by atoms with Gasteiger partial charge < -0.3 is 9.88 Å². The molecule has 3 heterocycles. The Hall–Kier alpha value is -2.67. The number of fused-ring (bicyclic) bond motifs is 1. The number of aromatic nitrogens is 2. The summed E-state index contributed by atoms with van der Waals surface area (Å²) in [5.74, 6) is 0.0699. The number of halogens is 1. The van der Waals surface area contributed by atoms with Gasteiger partial charge in [0.2, 0.25) is 0 Å². The summed E-state index contributed by atoms with van der Waals surface area (Å²) >= 11 is 7.92. The minimum absolute atomic E-state index is 0.0699. The number of amides is 1. The van der Waals surface area contributed by atoms with Crippen LogP contribution in [-0.2, 0) is 6.54 Å². The number of carbonyl (C=O) groups excluding carboxylic acids is 1. The van der Waals surface area contributed by atoms with Crippen LogP contribution in [0.2, 0.25) is 5.02 Å². The third-order valence-electron chi connectivity index (χ3n) is 5.46. The van der Waals surface area contributed by atoms with E-state index in [2.05, 4.69) is 15.3 Å². The van der Waals surface area contributed by atoms with Crippen LogP contribution in [0.25, 0.3) is 21.5 Å². The fourth-order valence-corrected chi connectivity index (χ4v) is 4.97. The van der Waals surface area contributed by atoms with Crippen molar-refractivity contribution in [3.05, 3.63) is 76.4 Å². The maximum atomic E-state index is 12.9. The molecule has 0 bridgehead atoms. The normalized spacial score (nSPS) is 15.0. The van der Waals surface area contributed by atoms with Gasteiger partial charge >= 0.3 is 0 Å². The molecule has 2 aromatic carbocycles. The summed E-state index contributed by atoms with van der Waals surface area (Å²) in [4.78, 5) is 25.2. The Labute approximate surface area is 183 Å². The lowest BCUT2D eigenvalue weighted by atomic mass is 10.2. The lowest BCUT2D eigenvalue weighted by Crippen LogP contribution is -2.48. The third-order valence-corrected chi connectivity index (χ3v) is 6.72. The Kier molecular flexibility index (Phi) is 5.29. The second-order valence-electron chi connectivity index (χ2n) is 7.46. The Balaban J connectivity index is 1.20. The van der Waals surface area contributed by atoms with Gasteiger partial charge in [0.15, 0.2) is 0 Å². The standard InChI is InChI=1S/C23H21ClN4OS/c24-19-7-3-2-6-18(19)22-25-17(15-30-22)14-27-9-11-28(12-10-27)23(29)21-13-16-5-1-4-8-20(16)26-21/h1-8,13,15,26H,9-12,14H2. The van der Waals surface area contributed by atoms with Crippen molar-refractivity contribution >= 4 is 39.7 Å². The molecule has 1 aliphatic heterocycles. The molecule has 1 saturated heterocycles. The van der Waals surface area contributed by atoms with E-state index in [1.165, 1.54) is 0 Å². The number of para-hydroxylation sites is 1. The molecule has 0 unspecified atom stereocenters. The van der Waals surface area contributed by atoms with E-state index < -0.39 is 0 Å². The van der Waals surface area contributed by atoms with Crippen LogP contribution in [0.1, 0.15) is 16.2 Å². The first-order valence-electron chi connectivity index (χ1n) is 9.96. The zero-order chi connectivity index (χ0) is 20.5. The Bertz CT molecular complexity index is 1160. The molecule has 0 spiro atoms. The fraction of sp³-hybridized carbons (Fsp3) is 0.217. The van der Waals surface area contributed by atoms with E-state index in [9.17, 15) is 4.79 Å². The van der Waals surface area contributed by atoms with Crippen molar-refractivity contribution in [2.45, 2.75) is 6.54 Å². The predicted molar refractivity (Wildman–Crippen MR) is 122 cm³/mol. The second-order valence-corrected chi connectivity index (χ2v) is 8.73. The molecular formula is C23H21ClN4OS. The molecule has 0 radical (unpaired) electrons. The average Bonchev–Trinajstić information content (AvgIpc) is 3.41. The topological polar surface area (TPSA) is 52.2 Å². The van der Waals surface area contributed by atoms with E-state index in [-0.39, 0.29) is 5.91 Å². The van der Waals surface area contributed by atoms with Crippen LogP contribution < -0.4 is 0 Å². The van der Waals surface area contributed by atoms with E-state index >= 15 is 0 Å². The van der Waals surface area contributed by atoms with E-state index in [1.54, 1.807) is 11.3 Å². The van der Waals surface area contributed by atoms with Crippen molar-refractivity contribution < 1.29 is 4.79 Å². The molecule has 30 heavy (non-hydrogen) atoms. The second kappa shape index (κ2) is 8.22. The summed E-state index contributed by atoms with van der Waals surface area (Å²) < 4.78 is 0. The Morgan fingerprint density at radius 1 is 1.07 bits per heavy atom. The van der Waals surface area contributed by atoms with Gasteiger partial charge in [0.25, 0.3) is 5.91 Å². The highest BCUT2D eigenvalue weighted by Gasteiger charge is 2.24. The zero-order valence-electron chi connectivity index (χ0n) is 16.3. The van der Waals surface area contributed by atoms with Crippen molar-refractivity contribution in [2.24, 2.45) is 0 Å². The average molecular weight is 437 g/mol. The molecule has 1 N–H and O–H groups in total. The fourth-order valence-electron chi connectivity index (χ4n) is 3.84. The quantitative estimate of drug-likeness (QED) is 0.495. The lowest BCUT2D eigenvalue weighted by molar-refractivity contribution is 0.0622. The van der Waals surface area contributed by atoms with Crippen LogP contribution in [0, 0.1) is 0 Å². The number of H-pyrrole nitrogens is 1. The van der Waals surface area contributed by atoms with Crippen LogP contribution in [0.15, 0.2) is 60.0 Å². The van der Waals surface area contributed by atoms with Crippen molar-refractivity contribution in [3.63, 3.8) is 0 Å². The van der Waals surface area contributed by atoms with Gasteiger partial charge in [-0.3, -0.25) is 9.69 Å². The van der Waals surface area contributed by atoms with E-state index in [1.807, 2.05) is 59.5 Å². The first-order valence-corrected chi connectivity index (χ1v) is 11.2.